The lowest BCUT2D eigenvalue weighted by molar-refractivity contribution is 0.415. The summed E-state index contributed by atoms with van der Waals surface area (Å²) in [6, 6.07) is 15.4. The minimum atomic E-state index is -0.0279. The summed E-state index contributed by atoms with van der Waals surface area (Å²) in [6.45, 7) is 0. The smallest absolute Gasteiger partial charge is 0.212 e. The molecule has 5 nitrogen and oxygen atoms in total. The van der Waals surface area contributed by atoms with Crippen LogP contribution in [0.1, 0.15) is 0 Å². The van der Waals surface area contributed by atoms with Crippen molar-refractivity contribution in [2.75, 3.05) is 7.11 Å². The molecule has 0 bridgehead atoms. The normalized spacial score (nSPS) is 11.6. The third-order valence-electron chi connectivity index (χ3n) is 4.55. The van der Waals surface area contributed by atoms with E-state index in [0.717, 1.165) is 27.9 Å². The summed E-state index contributed by atoms with van der Waals surface area (Å²) in [7, 11) is 1.64. The molecule has 5 aromatic rings. The van der Waals surface area contributed by atoms with Gasteiger partial charge in [-0.25, -0.2) is 4.98 Å². The summed E-state index contributed by atoms with van der Waals surface area (Å²) in [5.74, 6) is 0.791. The molecule has 0 N–H and O–H groups in total. The molecule has 3 aromatic heterocycles. The van der Waals surface area contributed by atoms with Crippen molar-refractivity contribution in [2.24, 2.45) is 0 Å². The standard InChI is InChI=1S/C20H13N3O2/c1-25-13-8-6-12(7-9-13)18-19-14-4-2-3-5-15(14)20(24)16-10-21-11-17(22-18)23(16)19/h2-11H,1H3. The molecule has 0 aliphatic heterocycles. The number of ether oxygens (including phenoxy) is 1. The molecule has 2 aromatic carbocycles. The first kappa shape index (κ1) is 13.9. The topological polar surface area (TPSA) is 56.5 Å². The Kier molecular flexibility index (Phi) is 2.79. The Morgan fingerprint density at radius 2 is 1.72 bits per heavy atom. The number of pyridine rings is 1. The minimum Gasteiger partial charge on any atom is -0.497 e. The number of aromatic nitrogens is 3. The Morgan fingerprint density at radius 1 is 0.960 bits per heavy atom. The zero-order chi connectivity index (χ0) is 17.0. The number of hydrogen-bond acceptors (Lipinski definition) is 4. The van der Waals surface area contributed by atoms with Gasteiger partial charge in [0.05, 0.1) is 30.7 Å². The van der Waals surface area contributed by atoms with Crippen LogP contribution < -0.4 is 10.2 Å². The van der Waals surface area contributed by atoms with Crippen LogP contribution in [0.25, 0.3) is 38.7 Å². The fourth-order valence-electron chi connectivity index (χ4n) is 3.38. The molecule has 0 aliphatic rings. The minimum absolute atomic E-state index is 0.0279. The van der Waals surface area contributed by atoms with Gasteiger partial charge in [0.1, 0.15) is 11.3 Å². The van der Waals surface area contributed by atoms with E-state index in [2.05, 4.69) is 4.98 Å². The van der Waals surface area contributed by atoms with E-state index in [9.17, 15) is 4.79 Å². The van der Waals surface area contributed by atoms with Gasteiger partial charge in [-0.05, 0) is 24.3 Å². The average Bonchev–Trinajstić information content (AvgIpc) is 3.06. The average molecular weight is 327 g/mol. The first-order valence-corrected chi connectivity index (χ1v) is 7.93. The van der Waals surface area contributed by atoms with E-state index >= 15 is 0 Å². The van der Waals surface area contributed by atoms with Crippen molar-refractivity contribution in [1.82, 2.24) is 14.4 Å². The third kappa shape index (κ3) is 1.86. The summed E-state index contributed by atoms with van der Waals surface area (Å²) in [5.41, 5.74) is 3.90. The first-order valence-electron chi connectivity index (χ1n) is 7.93. The summed E-state index contributed by atoms with van der Waals surface area (Å²) in [6.07, 6.45) is 3.29. The van der Waals surface area contributed by atoms with Gasteiger partial charge in [-0.15, -0.1) is 0 Å². The maximum atomic E-state index is 12.8. The number of hydrogen-bond donors (Lipinski definition) is 0. The number of imidazole rings is 1. The first-order chi connectivity index (χ1) is 12.3. The Balaban J connectivity index is 1.99. The number of rotatable bonds is 2. The Hall–Kier alpha value is -3.47. The summed E-state index contributed by atoms with van der Waals surface area (Å²) < 4.78 is 7.14. The van der Waals surface area contributed by atoms with E-state index in [1.54, 1.807) is 19.5 Å². The maximum Gasteiger partial charge on any atom is 0.212 e. The van der Waals surface area contributed by atoms with Crippen LogP contribution in [-0.2, 0) is 0 Å². The predicted molar refractivity (Wildman–Crippen MR) is 97.4 cm³/mol. The molecule has 0 spiro atoms. The molecule has 0 saturated heterocycles. The van der Waals surface area contributed by atoms with Crippen LogP contribution in [0.4, 0.5) is 0 Å². The van der Waals surface area contributed by atoms with E-state index in [4.69, 9.17) is 9.72 Å². The van der Waals surface area contributed by atoms with Gasteiger partial charge < -0.3 is 4.74 Å². The molecule has 25 heavy (non-hydrogen) atoms. The molecule has 0 saturated carbocycles. The molecule has 0 radical (unpaired) electrons. The monoisotopic (exact) mass is 327 g/mol. The summed E-state index contributed by atoms with van der Waals surface area (Å²) in [5, 5.41) is 1.57. The molecule has 0 amide bonds. The van der Waals surface area contributed by atoms with Gasteiger partial charge in [0.15, 0.2) is 5.65 Å². The zero-order valence-electron chi connectivity index (χ0n) is 13.4. The van der Waals surface area contributed by atoms with Crippen LogP contribution in [-0.4, -0.2) is 21.5 Å². The summed E-state index contributed by atoms with van der Waals surface area (Å²) >= 11 is 0. The van der Waals surface area contributed by atoms with Crippen LogP contribution in [0.3, 0.4) is 0 Å². The van der Waals surface area contributed by atoms with Gasteiger partial charge in [0.2, 0.25) is 5.43 Å². The highest BCUT2D eigenvalue weighted by atomic mass is 16.5. The van der Waals surface area contributed by atoms with E-state index in [0.29, 0.717) is 16.6 Å². The van der Waals surface area contributed by atoms with Crippen molar-refractivity contribution in [2.45, 2.75) is 0 Å². The van der Waals surface area contributed by atoms with Crippen molar-refractivity contribution in [3.05, 3.63) is 71.1 Å². The highest BCUT2D eigenvalue weighted by Crippen LogP contribution is 2.32. The molecule has 0 unspecified atom stereocenters. The van der Waals surface area contributed by atoms with E-state index in [1.165, 1.54) is 0 Å². The van der Waals surface area contributed by atoms with E-state index in [-0.39, 0.29) is 5.43 Å². The van der Waals surface area contributed by atoms with Crippen LogP contribution in [0.15, 0.2) is 65.7 Å². The predicted octanol–water partition coefficient (Wildman–Crippen LogP) is 3.51. The van der Waals surface area contributed by atoms with E-state index < -0.39 is 0 Å². The lowest BCUT2D eigenvalue weighted by Crippen LogP contribution is -2.08. The molecular formula is C20H13N3O2. The molecular weight excluding hydrogens is 314 g/mol. The van der Waals surface area contributed by atoms with Crippen molar-refractivity contribution in [3.63, 3.8) is 0 Å². The van der Waals surface area contributed by atoms with Gasteiger partial charge in [0.25, 0.3) is 0 Å². The zero-order valence-corrected chi connectivity index (χ0v) is 13.4. The molecule has 0 fully saturated rings. The van der Waals surface area contributed by atoms with Crippen LogP contribution in [0, 0.1) is 0 Å². The second-order valence-electron chi connectivity index (χ2n) is 5.90. The fourth-order valence-corrected chi connectivity index (χ4v) is 3.38. The maximum absolute atomic E-state index is 12.8. The van der Waals surface area contributed by atoms with Crippen molar-refractivity contribution < 1.29 is 4.74 Å². The van der Waals surface area contributed by atoms with Gasteiger partial charge in [-0.3, -0.25) is 14.2 Å². The Labute approximate surface area is 142 Å². The lowest BCUT2D eigenvalue weighted by Gasteiger charge is -2.06. The quantitative estimate of drug-likeness (QED) is 0.466. The molecule has 0 atom stereocenters. The number of methoxy groups -OCH3 is 1. The molecule has 120 valence electrons. The van der Waals surface area contributed by atoms with Crippen molar-refractivity contribution in [3.8, 4) is 17.0 Å². The molecule has 3 heterocycles. The number of fused-ring (bicyclic) bond motifs is 2. The highest BCUT2D eigenvalue weighted by molar-refractivity contribution is 6.06. The molecule has 5 heteroatoms. The Bertz CT molecular complexity index is 1290. The van der Waals surface area contributed by atoms with Crippen molar-refractivity contribution >= 4 is 27.5 Å². The fraction of sp³-hybridized carbons (Fsp3) is 0.0500. The van der Waals surface area contributed by atoms with Gasteiger partial charge >= 0.3 is 0 Å². The van der Waals surface area contributed by atoms with Crippen LogP contribution in [0.2, 0.25) is 0 Å². The second kappa shape index (κ2) is 5.01. The lowest BCUT2D eigenvalue weighted by atomic mass is 10.1. The van der Waals surface area contributed by atoms with Crippen LogP contribution in [0.5, 0.6) is 5.75 Å². The third-order valence-corrected chi connectivity index (χ3v) is 4.55. The SMILES string of the molecule is COc1ccc(-c2nc3cncc4c(=O)c5ccccc5c2n34)cc1. The Morgan fingerprint density at radius 3 is 2.48 bits per heavy atom. The van der Waals surface area contributed by atoms with Gasteiger partial charge in [0, 0.05) is 16.3 Å². The largest absolute Gasteiger partial charge is 0.497 e. The second-order valence-corrected chi connectivity index (χ2v) is 5.90. The van der Waals surface area contributed by atoms with Crippen molar-refractivity contribution in [1.29, 1.82) is 0 Å². The highest BCUT2D eigenvalue weighted by Gasteiger charge is 2.18. The van der Waals surface area contributed by atoms with Crippen LogP contribution >= 0.6 is 0 Å². The molecule has 5 rings (SSSR count). The van der Waals surface area contributed by atoms with Gasteiger partial charge in [-0.2, -0.15) is 0 Å². The van der Waals surface area contributed by atoms with E-state index in [1.807, 2.05) is 52.9 Å². The summed E-state index contributed by atoms with van der Waals surface area (Å²) in [4.78, 5) is 21.8. The number of benzene rings is 2. The van der Waals surface area contributed by atoms with Gasteiger partial charge in [-0.1, -0.05) is 24.3 Å². The number of nitrogens with zero attached hydrogens (tertiary/aromatic N) is 3. The molecule has 0 aliphatic carbocycles.